The zero-order valence-corrected chi connectivity index (χ0v) is 8.04. The lowest BCUT2D eigenvalue weighted by molar-refractivity contribution is -0.138. The van der Waals surface area contributed by atoms with Crippen LogP contribution in [0.15, 0.2) is 36.1 Å². The first-order valence-corrected chi connectivity index (χ1v) is 4.05. The lowest BCUT2D eigenvalue weighted by Crippen LogP contribution is -2.04. The topological polar surface area (TPSA) is 52.3 Å². The molecule has 0 heterocycles. The van der Waals surface area contributed by atoms with Crippen molar-refractivity contribution in [3.05, 3.63) is 36.1 Å². The molecular formula is C10H15NO2. The van der Waals surface area contributed by atoms with Crippen molar-refractivity contribution in [3.8, 4) is 0 Å². The Kier molecular flexibility index (Phi) is 5.35. The number of nitrogens with two attached hydrogens (primary N) is 1. The van der Waals surface area contributed by atoms with E-state index in [0.29, 0.717) is 17.9 Å². The van der Waals surface area contributed by atoms with Crippen molar-refractivity contribution in [2.45, 2.75) is 13.8 Å². The molecule has 0 unspecified atom stereocenters. The largest absolute Gasteiger partial charge is 0.463 e. The fraction of sp³-hybridized carbons (Fsp3) is 0.300. The molecule has 0 aliphatic heterocycles. The Morgan fingerprint density at radius 2 is 2.15 bits per heavy atom. The van der Waals surface area contributed by atoms with Gasteiger partial charge in [-0.2, -0.15) is 0 Å². The van der Waals surface area contributed by atoms with E-state index in [4.69, 9.17) is 10.5 Å². The van der Waals surface area contributed by atoms with Crippen LogP contribution in [0.4, 0.5) is 0 Å². The number of hydrogen-bond donors (Lipinski definition) is 1. The Labute approximate surface area is 78.6 Å². The van der Waals surface area contributed by atoms with Crippen molar-refractivity contribution in [3.63, 3.8) is 0 Å². The summed E-state index contributed by atoms with van der Waals surface area (Å²) in [6, 6.07) is 0. The highest BCUT2D eigenvalue weighted by molar-refractivity contribution is 5.88. The van der Waals surface area contributed by atoms with E-state index >= 15 is 0 Å². The summed E-state index contributed by atoms with van der Waals surface area (Å²) in [7, 11) is 0. The van der Waals surface area contributed by atoms with Gasteiger partial charge in [0.25, 0.3) is 0 Å². The maximum absolute atomic E-state index is 11.1. The average Bonchev–Trinajstić information content (AvgIpc) is 2.13. The first-order chi connectivity index (χ1) is 6.11. The molecule has 0 aromatic carbocycles. The highest BCUT2D eigenvalue weighted by Gasteiger charge is 2.01. The van der Waals surface area contributed by atoms with Gasteiger partial charge in [0.15, 0.2) is 0 Å². The van der Waals surface area contributed by atoms with Crippen LogP contribution >= 0.6 is 0 Å². The van der Waals surface area contributed by atoms with Crippen molar-refractivity contribution in [1.82, 2.24) is 0 Å². The van der Waals surface area contributed by atoms with E-state index in [-0.39, 0.29) is 5.97 Å². The summed E-state index contributed by atoms with van der Waals surface area (Å²) < 4.78 is 4.77. The third-order valence-electron chi connectivity index (χ3n) is 1.36. The molecule has 3 heteroatoms. The van der Waals surface area contributed by atoms with E-state index in [9.17, 15) is 4.79 Å². The Balaban J connectivity index is 4.32. The summed E-state index contributed by atoms with van der Waals surface area (Å²) in [6.07, 6.45) is 4.73. The van der Waals surface area contributed by atoms with Crippen LogP contribution in [0.2, 0.25) is 0 Å². The first-order valence-electron chi connectivity index (χ1n) is 4.05. The molecule has 0 spiro atoms. The minimum Gasteiger partial charge on any atom is -0.463 e. The Morgan fingerprint density at radius 3 is 2.62 bits per heavy atom. The van der Waals surface area contributed by atoms with Crippen LogP contribution in [0.1, 0.15) is 13.8 Å². The highest BCUT2D eigenvalue weighted by atomic mass is 16.5. The fourth-order valence-electron chi connectivity index (χ4n) is 0.602. The Morgan fingerprint density at radius 1 is 1.54 bits per heavy atom. The summed E-state index contributed by atoms with van der Waals surface area (Å²) >= 11 is 0. The highest BCUT2D eigenvalue weighted by Crippen LogP contribution is 1.98. The van der Waals surface area contributed by atoms with Gasteiger partial charge in [0.05, 0.1) is 6.61 Å². The van der Waals surface area contributed by atoms with Crippen LogP contribution < -0.4 is 5.73 Å². The van der Waals surface area contributed by atoms with Gasteiger partial charge in [-0.3, -0.25) is 0 Å². The van der Waals surface area contributed by atoms with Crippen LogP contribution in [0.3, 0.4) is 0 Å². The molecule has 3 nitrogen and oxygen atoms in total. The van der Waals surface area contributed by atoms with Gasteiger partial charge in [0, 0.05) is 11.3 Å². The van der Waals surface area contributed by atoms with Gasteiger partial charge in [-0.15, -0.1) is 0 Å². The van der Waals surface area contributed by atoms with Gasteiger partial charge in [0.2, 0.25) is 0 Å². The molecule has 0 saturated heterocycles. The van der Waals surface area contributed by atoms with Crippen LogP contribution in [-0.4, -0.2) is 12.6 Å². The Hall–Kier alpha value is -1.51. The lowest BCUT2D eigenvalue weighted by Gasteiger charge is -1.99. The van der Waals surface area contributed by atoms with Crippen LogP contribution in [0, 0.1) is 0 Å². The third kappa shape index (κ3) is 4.85. The third-order valence-corrected chi connectivity index (χ3v) is 1.36. The van der Waals surface area contributed by atoms with Crippen LogP contribution in [0.5, 0.6) is 0 Å². The number of allylic oxidation sites excluding steroid dienone is 3. The number of esters is 1. The number of rotatable bonds is 4. The van der Waals surface area contributed by atoms with Crippen molar-refractivity contribution in [2.75, 3.05) is 6.61 Å². The number of hydrogen-bond acceptors (Lipinski definition) is 3. The van der Waals surface area contributed by atoms with Crippen LogP contribution in [0.25, 0.3) is 0 Å². The molecule has 0 fully saturated rings. The SMILES string of the molecule is C=C/C(N)=C\C=C(/C)C(=O)OCC. The normalized spacial score (nSPS) is 12.5. The lowest BCUT2D eigenvalue weighted by atomic mass is 10.2. The van der Waals surface area contributed by atoms with Gasteiger partial charge in [-0.1, -0.05) is 12.7 Å². The molecule has 2 N–H and O–H groups in total. The number of carbonyl (C=O) groups is 1. The van der Waals surface area contributed by atoms with E-state index in [1.807, 2.05) is 0 Å². The fourth-order valence-corrected chi connectivity index (χ4v) is 0.602. The minimum absolute atomic E-state index is 0.324. The molecule has 72 valence electrons. The van der Waals surface area contributed by atoms with E-state index < -0.39 is 0 Å². The van der Waals surface area contributed by atoms with Crippen molar-refractivity contribution in [1.29, 1.82) is 0 Å². The molecule has 0 aromatic heterocycles. The van der Waals surface area contributed by atoms with Gasteiger partial charge in [-0.05, 0) is 26.0 Å². The quantitative estimate of drug-likeness (QED) is 0.406. The van der Waals surface area contributed by atoms with Gasteiger partial charge in [0.1, 0.15) is 0 Å². The van der Waals surface area contributed by atoms with Crippen molar-refractivity contribution < 1.29 is 9.53 Å². The summed E-state index contributed by atoms with van der Waals surface area (Å²) in [6.45, 7) is 7.30. The summed E-state index contributed by atoms with van der Waals surface area (Å²) in [5.41, 5.74) is 6.48. The number of ether oxygens (including phenoxy) is 1. The molecule has 0 atom stereocenters. The second-order valence-electron chi connectivity index (χ2n) is 2.44. The zero-order valence-electron chi connectivity index (χ0n) is 8.04. The zero-order chi connectivity index (χ0) is 10.3. The van der Waals surface area contributed by atoms with E-state index in [2.05, 4.69) is 6.58 Å². The maximum Gasteiger partial charge on any atom is 0.333 e. The second kappa shape index (κ2) is 6.06. The molecule has 0 aliphatic rings. The molecule has 0 radical (unpaired) electrons. The first kappa shape index (κ1) is 11.5. The van der Waals surface area contributed by atoms with Crippen molar-refractivity contribution in [2.24, 2.45) is 5.73 Å². The van der Waals surface area contributed by atoms with Gasteiger partial charge >= 0.3 is 5.97 Å². The predicted molar refractivity (Wildman–Crippen MR) is 52.9 cm³/mol. The molecule has 0 aliphatic carbocycles. The van der Waals surface area contributed by atoms with Crippen molar-refractivity contribution >= 4 is 5.97 Å². The monoisotopic (exact) mass is 181 g/mol. The molecule has 13 heavy (non-hydrogen) atoms. The smallest absolute Gasteiger partial charge is 0.333 e. The van der Waals surface area contributed by atoms with Gasteiger partial charge < -0.3 is 10.5 Å². The minimum atomic E-state index is -0.324. The Bertz CT molecular complexity index is 252. The maximum atomic E-state index is 11.1. The van der Waals surface area contributed by atoms with E-state index in [0.717, 1.165) is 0 Å². The summed E-state index contributed by atoms with van der Waals surface area (Å²) in [5, 5.41) is 0. The van der Waals surface area contributed by atoms with E-state index in [1.165, 1.54) is 6.08 Å². The molecule has 0 amide bonds. The second-order valence-corrected chi connectivity index (χ2v) is 2.44. The predicted octanol–water partition coefficient (Wildman–Crippen LogP) is 1.52. The average molecular weight is 181 g/mol. The molecule has 0 rings (SSSR count). The van der Waals surface area contributed by atoms with Crippen LogP contribution in [-0.2, 0) is 9.53 Å². The molecule has 0 aromatic rings. The standard InChI is InChI=1S/C10H15NO2/c1-4-9(11)7-6-8(3)10(12)13-5-2/h4,6-7H,1,5,11H2,2-3H3/b8-6+,9-7+. The molecule has 0 saturated carbocycles. The number of carbonyl (C=O) groups excluding carboxylic acids is 1. The molecule has 0 bridgehead atoms. The molecular weight excluding hydrogens is 166 g/mol. The summed E-state index contributed by atoms with van der Waals surface area (Å²) in [5.74, 6) is -0.324. The van der Waals surface area contributed by atoms with Gasteiger partial charge in [-0.25, -0.2) is 4.79 Å². The van der Waals surface area contributed by atoms with E-state index in [1.54, 1.807) is 26.0 Å². The summed E-state index contributed by atoms with van der Waals surface area (Å²) in [4.78, 5) is 11.1.